The molecule has 6 amide bonds. The minimum Gasteiger partial charge on any atom is -0.444 e. The lowest BCUT2D eigenvalue weighted by Gasteiger charge is -2.52. The molecule has 2 aliphatic rings. The summed E-state index contributed by atoms with van der Waals surface area (Å²) < 4.78 is 11.3. The molecule has 40 heavy (non-hydrogen) atoms. The van der Waals surface area contributed by atoms with Gasteiger partial charge in [-0.2, -0.15) is 0 Å². The fourth-order valence-corrected chi connectivity index (χ4v) is 3.96. The molecule has 6 N–H and O–H groups in total. The summed E-state index contributed by atoms with van der Waals surface area (Å²) in [5, 5.41) is 15.7. The molecule has 2 saturated heterocycles. The van der Waals surface area contributed by atoms with E-state index in [0.29, 0.717) is 6.61 Å². The number of amides is 6. The van der Waals surface area contributed by atoms with E-state index in [1.807, 2.05) is 6.92 Å². The molecule has 2 rings (SSSR count). The molecule has 1 spiro atoms. The molecular formula is C25H43N7O8. The van der Waals surface area contributed by atoms with E-state index in [1.165, 1.54) is 4.90 Å². The second kappa shape index (κ2) is 14.8. The van der Waals surface area contributed by atoms with Crippen molar-refractivity contribution in [3.63, 3.8) is 0 Å². The number of unbranched alkanes of at least 4 members (excludes halogenated alkanes) is 1. The first-order valence-electron chi connectivity index (χ1n) is 13.5. The maximum absolute atomic E-state index is 13.3. The number of likely N-dealkylation sites (tertiary alicyclic amines) is 1. The largest absolute Gasteiger partial charge is 0.444 e. The molecule has 226 valence electrons. The van der Waals surface area contributed by atoms with Crippen molar-refractivity contribution in [2.24, 2.45) is 0 Å². The number of nitrogens with zero attached hydrogens (tertiary/aromatic N) is 1. The van der Waals surface area contributed by atoms with Gasteiger partial charge in [0.15, 0.2) is 0 Å². The maximum atomic E-state index is 13.3. The van der Waals surface area contributed by atoms with Crippen LogP contribution in [0.25, 0.3) is 0 Å². The van der Waals surface area contributed by atoms with Crippen molar-refractivity contribution in [2.45, 2.75) is 70.7 Å². The summed E-state index contributed by atoms with van der Waals surface area (Å²) in [6.45, 7) is 8.11. The van der Waals surface area contributed by atoms with E-state index in [-0.39, 0.29) is 32.7 Å². The average molecular weight is 570 g/mol. The normalized spacial score (nSPS) is 22.4. The molecule has 15 nitrogen and oxygen atoms in total. The third kappa shape index (κ3) is 11.0. The number of carbonyl (C=O) groups is 6. The SMILES string of the molecule is CCCCOC(C)C1NC2(CNC(=O)CNC(=O)CNC(=O)CNC(=O)CNC1=O)CN(C(=O)OC(C)(C)C)C2. The summed E-state index contributed by atoms with van der Waals surface area (Å²) in [6, 6.07) is -0.954. The zero-order chi connectivity index (χ0) is 29.9. The van der Waals surface area contributed by atoms with Crippen LogP contribution in [0, 0.1) is 0 Å². The number of hydrogen-bond acceptors (Lipinski definition) is 9. The predicted octanol–water partition coefficient (Wildman–Crippen LogP) is -2.27. The Morgan fingerprint density at radius 2 is 1.40 bits per heavy atom. The van der Waals surface area contributed by atoms with Gasteiger partial charge in [-0.05, 0) is 34.1 Å². The molecule has 0 aromatic heterocycles. The van der Waals surface area contributed by atoms with Gasteiger partial charge in [-0.3, -0.25) is 29.3 Å². The summed E-state index contributed by atoms with van der Waals surface area (Å²) >= 11 is 0. The van der Waals surface area contributed by atoms with Crippen LogP contribution < -0.4 is 31.9 Å². The predicted molar refractivity (Wildman–Crippen MR) is 143 cm³/mol. The van der Waals surface area contributed by atoms with Crippen molar-refractivity contribution in [1.82, 2.24) is 36.8 Å². The van der Waals surface area contributed by atoms with Crippen LogP contribution in [0.5, 0.6) is 0 Å². The van der Waals surface area contributed by atoms with Gasteiger partial charge in [0.1, 0.15) is 11.6 Å². The third-order valence-corrected chi connectivity index (χ3v) is 6.12. The van der Waals surface area contributed by atoms with Crippen LogP contribution in [-0.2, 0) is 33.4 Å². The van der Waals surface area contributed by atoms with Crippen molar-refractivity contribution < 1.29 is 38.2 Å². The van der Waals surface area contributed by atoms with Gasteiger partial charge >= 0.3 is 6.09 Å². The first-order valence-corrected chi connectivity index (χ1v) is 13.5. The molecule has 2 heterocycles. The van der Waals surface area contributed by atoms with Gasteiger partial charge in [-0.25, -0.2) is 4.79 Å². The highest BCUT2D eigenvalue weighted by Crippen LogP contribution is 2.25. The number of nitrogens with one attached hydrogen (secondary N) is 6. The first kappa shape index (κ1) is 32.8. The lowest BCUT2D eigenvalue weighted by atomic mass is 9.88. The lowest BCUT2D eigenvalue weighted by Crippen LogP contribution is -2.77. The quantitative estimate of drug-likeness (QED) is 0.198. The van der Waals surface area contributed by atoms with Gasteiger partial charge < -0.3 is 41.0 Å². The molecular weight excluding hydrogens is 526 g/mol. The fraction of sp³-hybridized carbons (Fsp3) is 0.760. The standard InChI is InChI=1S/C25H43N7O8/c1-6-7-8-39-16(2)21-22(37)29-12-19(35)27-10-17(33)26-9-18(34)28-11-20(36)30-13-25(31-21)14-32(15-25)23(38)40-24(3,4)5/h16,21,31H,6-15H2,1-5H3,(H,26,33)(H,27,35)(H,28,34)(H,29,37)(H,30,36). The second-order valence-electron chi connectivity index (χ2n) is 11.0. The van der Waals surface area contributed by atoms with Crippen LogP contribution in [0.4, 0.5) is 4.79 Å². The summed E-state index contributed by atoms with van der Waals surface area (Å²) in [5.41, 5.74) is -1.63. The Morgan fingerprint density at radius 3 is 1.90 bits per heavy atom. The molecule has 0 aromatic carbocycles. The van der Waals surface area contributed by atoms with Gasteiger partial charge in [0, 0.05) is 26.2 Å². The van der Waals surface area contributed by atoms with Crippen molar-refractivity contribution in [3.8, 4) is 0 Å². The van der Waals surface area contributed by atoms with E-state index in [1.54, 1.807) is 27.7 Å². The van der Waals surface area contributed by atoms with Crippen LogP contribution in [0.15, 0.2) is 0 Å². The van der Waals surface area contributed by atoms with Gasteiger partial charge in [0.2, 0.25) is 29.5 Å². The van der Waals surface area contributed by atoms with Crippen molar-refractivity contribution in [1.29, 1.82) is 0 Å². The molecule has 0 saturated carbocycles. The second-order valence-corrected chi connectivity index (χ2v) is 11.0. The smallest absolute Gasteiger partial charge is 0.410 e. The van der Waals surface area contributed by atoms with Crippen LogP contribution in [0.2, 0.25) is 0 Å². The van der Waals surface area contributed by atoms with E-state index in [2.05, 4.69) is 31.9 Å². The highest BCUT2D eigenvalue weighted by Gasteiger charge is 2.49. The number of rotatable bonds is 5. The highest BCUT2D eigenvalue weighted by molar-refractivity contribution is 5.92. The highest BCUT2D eigenvalue weighted by atomic mass is 16.6. The topological polar surface area (TPSA) is 196 Å². The number of ether oxygens (including phenoxy) is 2. The zero-order valence-electron chi connectivity index (χ0n) is 23.9. The van der Waals surface area contributed by atoms with Crippen LogP contribution in [0.1, 0.15) is 47.5 Å². The van der Waals surface area contributed by atoms with Crippen LogP contribution in [-0.4, -0.2) is 116 Å². The van der Waals surface area contributed by atoms with Gasteiger partial charge in [0.05, 0.1) is 37.8 Å². The molecule has 2 atom stereocenters. The van der Waals surface area contributed by atoms with Gasteiger partial charge in [-0.1, -0.05) is 13.3 Å². The Labute approximate surface area is 234 Å². The fourth-order valence-electron chi connectivity index (χ4n) is 3.96. The van der Waals surface area contributed by atoms with Crippen molar-refractivity contribution >= 4 is 35.6 Å². The number of hydrogen-bond donors (Lipinski definition) is 6. The van der Waals surface area contributed by atoms with E-state index >= 15 is 0 Å². The summed E-state index contributed by atoms with van der Waals surface area (Å²) in [5.74, 6) is -2.83. The minimum atomic E-state index is -0.954. The first-order chi connectivity index (χ1) is 18.7. The molecule has 0 aliphatic carbocycles. The van der Waals surface area contributed by atoms with E-state index in [4.69, 9.17) is 9.47 Å². The lowest BCUT2D eigenvalue weighted by molar-refractivity contribution is -0.132. The Bertz CT molecular complexity index is 946. The maximum Gasteiger partial charge on any atom is 0.410 e. The molecule has 2 aliphatic heterocycles. The van der Waals surface area contributed by atoms with Crippen molar-refractivity contribution in [3.05, 3.63) is 0 Å². The third-order valence-electron chi connectivity index (χ3n) is 6.12. The summed E-state index contributed by atoms with van der Waals surface area (Å²) in [4.78, 5) is 76.0. The summed E-state index contributed by atoms with van der Waals surface area (Å²) in [7, 11) is 0. The van der Waals surface area contributed by atoms with Gasteiger partial charge in [-0.15, -0.1) is 0 Å². The molecule has 15 heteroatoms. The Hall–Kier alpha value is -3.46. The number of carbonyl (C=O) groups excluding carboxylic acids is 6. The van der Waals surface area contributed by atoms with E-state index in [0.717, 1.165) is 12.8 Å². The van der Waals surface area contributed by atoms with Crippen LogP contribution >= 0.6 is 0 Å². The van der Waals surface area contributed by atoms with E-state index in [9.17, 15) is 28.8 Å². The van der Waals surface area contributed by atoms with E-state index < -0.39 is 72.0 Å². The van der Waals surface area contributed by atoms with Crippen molar-refractivity contribution in [2.75, 3.05) is 52.4 Å². The molecule has 2 unspecified atom stereocenters. The Morgan fingerprint density at radius 1 is 0.900 bits per heavy atom. The molecule has 2 fully saturated rings. The minimum absolute atomic E-state index is 0.0175. The van der Waals surface area contributed by atoms with Crippen LogP contribution in [0.3, 0.4) is 0 Å². The Balaban J connectivity index is 2.26. The monoisotopic (exact) mass is 569 g/mol. The molecule has 0 aromatic rings. The molecule has 0 radical (unpaired) electrons. The average Bonchev–Trinajstić information content (AvgIpc) is 2.85. The Kier molecular flexibility index (Phi) is 12.1. The summed E-state index contributed by atoms with van der Waals surface area (Å²) in [6.07, 6.45) is 0.503. The van der Waals surface area contributed by atoms with Gasteiger partial charge in [0.25, 0.3) is 0 Å². The molecule has 0 bridgehead atoms. The zero-order valence-corrected chi connectivity index (χ0v) is 23.9.